The van der Waals surface area contributed by atoms with E-state index in [9.17, 15) is 9.59 Å². The fourth-order valence-corrected chi connectivity index (χ4v) is 4.00. The summed E-state index contributed by atoms with van der Waals surface area (Å²) in [6, 6.07) is 6.74. The third kappa shape index (κ3) is 3.04. The summed E-state index contributed by atoms with van der Waals surface area (Å²) in [6.45, 7) is 3.74. The molecule has 0 atom stereocenters. The molecule has 0 saturated heterocycles. The Morgan fingerprint density at radius 1 is 1.29 bits per heavy atom. The van der Waals surface area contributed by atoms with Gasteiger partial charge in [-0.05, 0) is 56.0 Å². The monoisotopic (exact) mass is 397 g/mol. The lowest BCUT2D eigenvalue weighted by atomic mass is 9.99. The number of aryl methyl sites for hydroxylation is 1. The summed E-state index contributed by atoms with van der Waals surface area (Å²) in [7, 11) is 0. The van der Waals surface area contributed by atoms with Gasteiger partial charge in [0.25, 0.3) is 0 Å². The molecule has 1 aliphatic carbocycles. The highest BCUT2D eigenvalue weighted by Gasteiger charge is 2.29. The largest absolute Gasteiger partial charge is 0.341 e. The van der Waals surface area contributed by atoms with E-state index in [0.717, 1.165) is 18.5 Å². The Morgan fingerprint density at radius 2 is 2.04 bits per heavy atom. The SMILES string of the molecule is CCc1c([C]=O)c(=O)c2cc(F)c(-c3cc(C)nc(CCl)c3)cc2n1C1CC1. The van der Waals surface area contributed by atoms with Crippen molar-refractivity contribution in [3.63, 3.8) is 0 Å². The van der Waals surface area contributed by atoms with Crippen LogP contribution in [0.4, 0.5) is 4.39 Å². The van der Waals surface area contributed by atoms with Crippen molar-refractivity contribution in [2.24, 2.45) is 0 Å². The maximum absolute atomic E-state index is 15.0. The number of hydrogen-bond acceptors (Lipinski definition) is 3. The topological polar surface area (TPSA) is 52.0 Å². The van der Waals surface area contributed by atoms with Gasteiger partial charge >= 0.3 is 0 Å². The summed E-state index contributed by atoms with van der Waals surface area (Å²) < 4.78 is 17.0. The number of fused-ring (bicyclic) bond motifs is 1. The first-order valence-electron chi connectivity index (χ1n) is 9.31. The van der Waals surface area contributed by atoms with Crippen LogP contribution in [0.2, 0.25) is 0 Å². The first-order valence-corrected chi connectivity index (χ1v) is 9.84. The van der Waals surface area contributed by atoms with Crippen molar-refractivity contribution in [1.29, 1.82) is 0 Å². The van der Waals surface area contributed by atoms with E-state index in [1.54, 1.807) is 24.5 Å². The van der Waals surface area contributed by atoms with E-state index < -0.39 is 11.2 Å². The lowest BCUT2D eigenvalue weighted by molar-refractivity contribution is 0.561. The van der Waals surface area contributed by atoms with Crippen LogP contribution < -0.4 is 5.43 Å². The van der Waals surface area contributed by atoms with E-state index >= 15 is 4.39 Å². The van der Waals surface area contributed by atoms with Gasteiger partial charge in [0.15, 0.2) is 0 Å². The molecule has 4 nitrogen and oxygen atoms in total. The molecule has 1 aliphatic rings. The van der Waals surface area contributed by atoms with Crippen LogP contribution >= 0.6 is 11.6 Å². The molecule has 2 heterocycles. The standard InChI is InChI=1S/C22H19ClFN2O2/c1-3-20-18(11-27)22(28)17-8-19(24)16(9-21(17)26(20)15-4-5-15)13-6-12(2)25-14(7-13)10-23/h6-9,15H,3-5,10H2,1-2H3. The number of pyridine rings is 2. The molecule has 6 heteroatoms. The van der Waals surface area contributed by atoms with Crippen molar-refractivity contribution < 1.29 is 9.18 Å². The van der Waals surface area contributed by atoms with Gasteiger partial charge in [0.05, 0.1) is 22.7 Å². The number of hydrogen-bond donors (Lipinski definition) is 0. The predicted octanol–water partition coefficient (Wildman–Crippen LogP) is 4.60. The molecule has 1 fully saturated rings. The van der Waals surface area contributed by atoms with Gasteiger partial charge in [0, 0.05) is 28.4 Å². The molecule has 143 valence electrons. The second kappa shape index (κ2) is 7.13. The Hall–Kier alpha value is -2.53. The number of benzene rings is 1. The third-order valence-electron chi connectivity index (χ3n) is 5.20. The minimum atomic E-state index is -0.515. The average Bonchev–Trinajstić information content (AvgIpc) is 3.52. The molecule has 3 aromatic rings. The van der Waals surface area contributed by atoms with Gasteiger partial charge in [-0.25, -0.2) is 4.39 Å². The van der Waals surface area contributed by atoms with E-state index in [1.807, 2.05) is 18.4 Å². The average molecular weight is 398 g/mol. The van der Waals surface area contributed by atoms with Crippen LogP contribution in [0.1, 0.15) is 48.5 Å². The van der Waals surface area contributed by atoms with E-state index in [2.05, 4.69) is 4.98 Å². The van der Waals surface area contributed by atoms with Gasteiger partial charge in [0.1, 0.15) is 5.82 Å². The minimum Gasteiger partial charge on any atom is -0.341 e. The Bertz CT molecular complexity index is 1170. The number of alkyl halides is 1. The van der Waals surface area contributed by atoms with Crippen molar-refractivity contribution in [2.75, 3.05) is 0 Å². The molecule has 0 bridgehead atoms. The van der Waals surface area contributed by atoms with Crippen LogP contribution in [0.25, 0.3) is 22.0 Å². The summed E-state index contributed by atoms with van der Waals surface area (Å²) in [4.78, 5) is 28.6. The first-order chi connectivity index (χ1) is 13.5. The molecular weight excluding hydrogens is 379 g/mol. The highest BCUT2D eigenvalue weighted by Crippen LogP contribution is 2.40. The molecular formula is C22H19ClFN2O2. The number of carbonyl (C=O) groups excluding carboxylic acids is 1. The normalized spacial score (nSPS) is 13.9. The molecule has 0 amide bonds. The maximum atomic E-state index is 15.0. The number of aromatic nitrogens is 2. The van der Waals surface area contributed by atoms with Crippen LogP contribution in [-0.2, 0) is 17.1 Å². The molecule has 0 unspecified atom stereocenters. The van der Waals surface area contributed by atoms with Crippen molar-refractivity contribution >= 4 is 28.8 Å². The highest BCUT2D eigenvalue weighted by atomic mass is 35.5. The summed E-state index contributed by atoms with van der Waals surface area (Å²) in [5, 5.41) is 0.215. The number of rotatable bonds is 5. The fourth-order valence-electron chi connectivity index (χ4n) is 3.86. The minimum absolute atomic E-state index is 0.0123. The van der Waals surface area contributed by atoms with Crippen LogP contribution in [0.5, 0.6) is 0 Å². The molecule has 4 rings (SSSR count). The van der Waals surface area contributed by atoms with Crippen LogP contribution in [0, 0.1) is 12.7 Å². The van der Waals surface area contributed by atoms with E-state index in [4.69, 9.17) is 11.6 Å². The van der Waals surface area contributed by atoms with Crippen LogP contribution in [0.3, 0.4) is 0 Å². The predicted molar refractivity (Wildman–Crippen MR) is 108 cm³/mol. The Kier molecular flexibility index (Phi) is 4.79. The van der Waals surface area contributed by atoms with Gasteiger partial charge < -0.3 is 4.57 Å². The van der Waals surface area contributed by atoms with Crippen LogP contribution in [-0.4, -0.2) is 15.8 Å². The van der Waals surface area contributed by atoms with Crippen molar-refractivity contribution in [3.05, 3.63) is 63.0 Å². The second-order valence-corrected chi connectivity index (χ2v) is 7.45. The second-order valence-electron chi connectivity index (χ2n) is 7.18. The van der Waals surface area contributed by atoms with Gasteiger partial charge in [-0.15, -0.1) is 11.6 Å². The van der Waals surface area contributed by atoms with Gasteiger partial charge in [-0.1, -0.05) is 6.92 Å². The Morgan fingerprint density at radius 3 is 2.64 bits per heavy atom. The highest BCUT2D eigenvalue weighted by molar-refractivity contribution is 6.16. The smallest absolute Gasteiger partial charge is 0.239 e. The molecule has 0 aliphatic heterocycles. The molecule has 0 spiro atoms. The molecule has 1 radical (unpaired) electrons. The van der Waals surface area contributed by atoms with Crippen molar-refractivity contribution in [3.8, 4) is 11.1 Å². The lowest BCUT2D eigenvalue weighted by Gasteiger charge is -2.18. The van der Waals surface area contributed by atoms with Crippen LogP contribution in [0.15, 0.2) is 29.1 Å². The zero-order chi connectivity index (χ0) is 20.0. The Balaban J connectivity index is 2.08. The lowest BCUT2D eigenvalue weighted by Crippen LogP contribution is -2.20. The summed E-state index contributed by atoms with van der Waals surface area (Å²) in [6.07, 6.45) is 4.27. The third-order valence-corrected chi connectivity index (χ3v) is 5.47. The van der Waals surface area contributed by atoms with E-state index in [1.165, 1.54) is 6.07 Å². The van der Waals surface area contributed by atoms with Gasteiger partial charge in [-0.3, -0.25) is 14.6 Å². The molecule has 0 N–H and O–H groups in total. The summed E-state index contributed by atoms with van der Waals surface area (Å²) >= 11 is 5.92. The quantitative estimate of drug-likeness (QED) is 0.591. The molecule has 28 heavy (non-hydrogen) atoms. The van der Waals surface area contributed by atoms with E-state index in [-0.39, 0.29) is 22.9 Å². The zero-order valence-corrected chi connectivity index (χ0v) is 16.4. The summed E-state index contributed by atoms with van der Waals surface area (Å²) in [5.74, 6) is -0.283. The molecule has 1 saturated carbocycles. The van der Waals surface area contributed by atoms with Crippen molar-refractivity contribution in [1.82, 2.24) is 9.55 Å². The maximum Gasteiger partial charge on any atom is 0.239 e. The van der Waals surface area contributed by atoms with E-state index in [0.29, 0.717) is 34.5 Å². The zero-order valence-electron chi connectivity index (χ0n) is 15.7. The number of halogens is 2. The fraction of sp³-hybridized carbons (Fsp3) is 0.318. The summed E-state index contributed by atoms with van der Waals surface area (Å²) in [5.41, 5.74) is 3.34. The molecule has 2 aromatic heterocycles. The Labute approximate surface area is 167 Å². The first kappa shape index (κ1) is 18.8. The molecule has 1 aromatic carbocycles. The van der Waals surface area contributed by atoms with Crippen molar-refractivity contribution in [2.45, 2.75) is 45.0 Å². The number of nitrogens with zero attached hydrogens (tertiary/aromatic N) is 2. The van der Waals surface area contributed by atoms with Gasteiger partial charge in [0.2, 0.25) is 11.7 Å². The van der Waals surface area contributed by atoms with Gasteiger partial charge in [-0.2, -0.15) is 0 Å².